The van der Waals surface area contributed by atoms with Crippen molar-refractivity contribution in [1.29, 1.82) is 0 Å². The Hall–Kier alpha value is -2.94. The minimum Gasteiger partial charge on any atom is -0.449 e. The summed E-state index contributed by atoms with van der Waals surface area (Å²) in [4.78, 5) is 24.6. The maximum Gasteiger partial charge on any atom is 0.338 e. The van der Waals surface area contributed by atoms with Crippen molar-refractivity contribution in [3.8, 4) is 0 Å². The lowest BCUT2D eigenvalue weighted by Crippen LogP contribution is -2.34. The molecular formula is C20H21FN2O5S. The Balaban J connectivity index is 1.71. The van der Waals surface area contributed by atoms with E-state index in [0.29, 0.717) is 17.7 Å². The number of esters is 1. The summed E-state index contributed by atoms with van der Waals surface area (Å²) in [5, 5.41) is 2.37. The van der Waals surface area contributed by atoms with E-state index in [0.717, 1.165) is 6.26 Å². The summed E-state index contributed by atoms with van der Waals surface area (Å²) in [6.45, 7) is 3.17. The molecule has 1 amide bonds. The van der Waals surface area contributed by atoms with Crippen LogP contribution in [-0.4, -0.2) is 38.7 Å². The van der Waals surface area contributed by atoms with Crippen molar-refractivity contribution >= 4 is 33.3 Å². The Kier molecular flexibility index (Phi) is 5.61. The van der Waals surface area contributed by atoms with Gasteiger partial charge in [-0.3, -0.25) is 9.10 Å². The zero-order valence-corrected chi connectivity index (χ0v) is 17.0. The molecule has 0 bridgehead atoms. The number of amides is 1. The molecule has 0 saturated heterocycles. The van der Waals surface area contributed by atoms with Crippen molar-refractivity contribution in [3.63, 3.8) is 0 Å². The molecule has 2 aromatic rings. The number of halogens is 1. The first-order chi connectivity index (χ1) is 13.6. The molecule has 0 unspecified atom stereocenters. The van der Waals surface area contributed by atoms with E-state index in [4.69, 9.17) is 4.74 Å². The van der Waals surface area contributed by atoms with Crippen molar-refractivity contribution in [3.05, 3.63) is 59.4 Å². The van der Waals surface area contributed by atoms with Gasteiger partial charge in [-0.1, -0.05) is 12.1 Å². The van der Waals surface area contributed by atoms with Crippen LogP contribution in [0.1, 0.15) is 29.8 Å². The van der Waals surface area contributed by atoms with Gasteiger partial charge in [0.25, 0.3) is 5.91 Å². The smallest absolute Gasteiger partial charge is 0.338 e. The van der Waals surface area contributed by atoms with Crippen molar-refractivity contribution < 1.29 is 27.1 Å². The first-order valence-electron chi connectivity index (χ1n) is 8.96. The predicted molar refractivity (Wildman–Crippen MR) is 107 cm³/mol. The number of hydrogen-bond acceptors (Lipinski definition) is 5. The number of benzene rings is 2. The Bertz CT molecular complexity index is 1070. The molecule has 7 nitrogen and oxygen atoms in total. The van der Waals surface area contributed by atoms with E-state index in [9.17, 15) is 22.4 Å². The topological polar surface area (TPSA) is 92.8 Å². The average Bonchev–Trinajstić information content (AvgIpc) is 2.98. The maximum absolute atomic E-state index is 13.6. The highest BCUT2D eigenvalue weighted by Crippen LogP contribution is 2.34. The first-order valence-corrected chi connectivity index (χ1v) is 10.8. The number of rotatable bonds is 5. The molecule has 2 aromatic carbocycles. The fraction of sp³-hybridized carbons (Fsp3) is 0.300. The van der Waals surface area contributed by atoms with Gasteiger partial charge in [0.05, 0.1) is 23.2 Å². The molecule has 0 radical (unpaired) electrons. The van der Waals surface area contributed by atoms with E-state index >= 15 is 0 Å². The van der Waals surface area contributed by atoms with Crippen LogP contribution in [-0.2, 0) is 26.0 Å². The third-order valence-electron chi connectivity index (χ3n) is 4.61. The summed E-state index contributed by atoms with van der Waals surface area (Å²) in [6.07, 6.45) is 0.450. The normalized spacial score (nSPS) is 16.8. The van der Waals surface area contributed by atoms with Crippen LogP contribution in [0.25, 0.3) is 0 Å². The molecule has 154 valence electrons. The Morgan fingerprint density at radius 2 is 1.93 bits per heavy atom. The Morgan fingerprint density at radius 3 is 2.59 bits per heavy atom. The van der Waals surface area contributed by atoms with Crippen LogP contribution < -0.4 is 9.62 Å². The van der Waals surface area contributed by atoms with E-state index in [1.165, 1.54) is 35.5 Å². The number of fused-ring (bicyclic) bond motifs is 1. The summed E-state index contributed by atoms with van der Waals surface area (Å²) in [6, 6.07) is 10.0. The number of nitrogens with zero attached hydrogens (tertiary/aromatic N) is 1. The fourth-order valence-electron chi connectivity index (χ4n) is 3.31. The lowest BCUT2D eigenvalue weighted by molar-refractivity contribution is -0.123. The number of carbonyl (C=O) groups excluding carboxylic acids is 2. The molecular weight excluding hydrogens is 399 g/mol. The molecule has 1 aliphatic heterocycles. The summed E-state index contributed by atoms with van der Waals surface area (Å²) in [7, 11) is -3.43. The molecule has 3 rings (SSSR count). The van der Waals surface area contributed by atoms with Crippen molar-refractivity contribution in [2.45, 2.75) is 32.4 Å². The lowest BCUT2D eigenvalue weighted by Gasteiger charge is -2.22. The van der Waals surface area contributed by atoms with Gasteiger partial charge in [0, 0.05) is 6.04 Å². The molecule has 0 saturated carbocycles. The second-order valence-corrected chi connectivity index (χ2v) is 8.83. The number of hydrogen-bond donors (Lipinski definition) is 1. The van der Waals surface area contributed by atoms with Crippen LogP contribution in [0.5, 0.6) is 0 Å². The van der Waals surface area contributed by atoms with Gasteiger partial charge in [-0.05, 0) is 56.2 Å². The predicted octanol–water partition coefficient (Wildman–Crippen LogP) is 2.72. The highest BCUT2D eigenvalue weighted by Gasteiger charge is 2.33. The van der Waals surface area contributed by atoms with Crippen LogP contribution in [0.15, 0.2) is 42.5 Å². The van der Waals surface area contributed by atoms with Gasteiger partial charge in [-0.25, -0.2) is 17.6 Å². The molecule has 9 heteroatoms. The minimum atomic E-state index is -3.43. The maximum atomic E-state index is 13.6. The van der Waals surface area contributed by atoms with Gasteiger partial charge < -0.3 is 10.1 Å². The SMILES string of the molecule is C[C@H](OC(=O)c1ccc2c(c1)C[C@@H](C)N2S(C)(=O)=O)C(=O)Nc1ccccc1F. The first kappa shape index (κ1) is 20.8. The van der Waals surface area contributed by atoms with Gasteiger partial charge >= 0.3 is 5.97 Å². The van der Waals surface area contributed by atoms with E-state index in [1.54, 1.807) is 25.1 Å². The third-order valence-corrected chi connectivity index (χ3v) is 5.88. The summed E-state index contributed by atoms with van der Waals surface area (Å²) in [5.74, 6) is -1.99. The summed E-state index contributed by atoms with van der Waals surface area (Å²) >= 11 is 0. The standard InChI is InChI=1S/C20H21FN2O5S/c1-12-10-15-11-14(8-9-18(15)23(12)29(3,26)27)20(25)28-13(2)19(24)22-17-7-5-4-6-16(17)21/h4-9,11-13H,10H2,1-3H3,(H,22,24)/t12-,13+/m1/s1. The number of sulfonamides is 1. The van der Waals surface area contributed by atoms with Gasteiger partial charge in [-0.2, -0.15) is 0 Å². The number of nitrogens with one attached hydrogen (secondary N) is 1. The highest BCUT2D eigenvalue weighted by molar-refractivity contribution is 7.92. The van der Waals surface area contributed by atoms with Gasteiger partial charge in [0.15, 0.2) is 6.10 Å². The van der Waals surface area contributed by atoms with Gasteiger partial charge in [0.1, 0.15) is 5.82 Å². The Morgan fingerprint density at radius 1 is 1.24 bits per heavy atom. The second-order valence-electron chi connectivity index (χ2n) is 6.97. The molecule has 29 heavy (non-hydrogen) atoms. The van der Waals surface area contributed by atoms with Crippen molar-refractivity contribution in [1.82, 2.24) is 0 Å². The van der Waals surface area contributed by atoms with Crippen LogP contribution in [0.3, 0.4) is 0 Å². The van der Waals surface area contributed by atoms with Crippen molar-refractivity contribution in [2.24, 2.45) is 0 Å². The number of ether oxygens (including phenoxy) is 1. The number of para-hydroxylation sites is 1. The lowest BCUT2D eigenvalue weighted by atomic mass is 10.1. The van der Waals surface area contributed by atoms with Crippen LogP contribution in [0.2, 0.25) is 0 Å². The number of anilines is 2. The molecule has 0 spiro atoms. The molecule has 0 aromatic heterocycles. The van der Waals surface area contributed by atoms with Gasteiger partial charge in [-0.15, -0.1) is 0 Å². The van der Waals surface area contributed by atoms with E-state index in [2.05, 4.69) is 5.32 Å². The molecule has 0 aliphatic carbocycles. The van der Waals surface area contributed by atoms with E-state index in [1.807, 2.05) is 0 Å². The average molecular weight is 420 g/mol. The zero-order valence-electron chi connectivity index (χ0n) is 16.2. The second kappa shape index (κ2) is 7.82. The zero-order chi connectivity index (χ0) is 21.3. The Labute approximate surface area is 168 Å². The quantitative estimate of drug-likeness (QED) is 0.751. The van der Waals surface area contributed by atoms with Gasteiger partial charge in [0.2, 0.25) is 10.0 Å². The minimum absolute atomic E-state index is 0.00668. The van der Waals surface area contributed by atoms with E-state index in [-0.39, 0.29) is 17.3 Å². The molecule has 1 N–H and O–H groups in total. The highest BCUT2D eigenvalue weighted by atomic mass is 32.2. The number of carbonyl (C=O) groups is 2. The van der Waals surface area contributed by atoms with Crippen LogP contribution in [0, 0.1) is 5.82 Å². The largest absolute Gasteiger partial charge is 0.449 e. The monoisotopic (exact) mass is 420 g/mol. The fourth-order valence-corrected chi connectivity index (χ4v) is 4.58. The van der Waals surface area contributed by atoms with Crippen molar-refractivity contribution in [2.75, 3.05) is 15.9 Å². The summed E-state index contributed by atoms with van der Waals surface area (Å²) < 4.78 is 44.1. The van der Waals surface area contributed by atoms with E-state index < -0.39 is 33.8 Å². The van der Waals surface area contributed by atoms with Crippen LogP contribution in [0.4, 0.5) is 15.8 Å². The third kappa shape index (κ3) is 4.40. The van der Waals surface area contributed by atoms with Crippen LogP contribution >= 0.6 is 0 Å². The molecule has 1 heterocycles. The molecule has 0 fully saturated rings. The molecule has 2 atom stereocenters. The molecule has 1 aliphatic rings. The summed E-state index contributed by atoms with van der Waals surface area (Å²) in [5.41, 5.74) is 1.44.